The van der Waals surface area contributed by atoms with Crippen molar-refractivity contribution in [3.05, 3.63) is 68.6 Å². The summed E-state index contributed by atoms with van der Waals surface area (Å²) < 4.78 is 5.65. The summed E-state index contributed by atoms with van der Waals surface area (Å²) in [5, 5.41) is 4.32. The molecule has 222 valence electrons. The predicted octanol–water partition coefficient (Wildman–Crippen LogP) is 7.11. The quantitative estimate of drug-likeness (QED) is 0.255. The minimum Gasteiger partial charge on any atom is -0.461 e. The van der Waals surface area contributed by atoms with E-state index in [0.29, 0.717) is 57.4 Å². The fraction of sp³-hybridized carbons (Fsp3) is 0.452. The maximum Gasteiger partial charge on any atom is 0.312 e. The first-order chi connectivity index (χ1) is 20.2. The lowest BCUT2D eigenvalue weighted by Crippen LogP contribution is -2.54. The fourth-order valence-corrected chi connectivity index (χ4v) is 8.75. The molecule has 0 bridgehead atoms. The van der Waals surface area contributed by atoms with E-state index in [9.17, 15) is 14.4 Å². The lowest BCUT2D eigenvalue weighted by molar-refractivity contribution is -0.157. The van der Waals surface area contributed by atoms with Crippen LogP contribution in [-0.2, 0) is 24.7 Å². The molecular formula is C31H31Cl4N3O4. The molecule has 42 heavy (non-hydrogen) atoms. The van der Waals surface area contributed by atoms with Gasteiger partial charge in [-0.3, -0.25) is 19.3 Å². The average Bonchev–Trinajstić information content (AvgIpc) is 3.71. The third kappa shape index (κ3) is 4.82. The third-order valence-corrected chi connectivity index (χ3v) is 10.2. The smallest absolute Gasteiger partial charge is 0.312 e. The zero-order chi connectivity index (χ0) is 29.8. The molecule has 4 aliphatic rings. The molecule has 0 aromatic heterocycles. The first-order valence-corrected chi connectivity index (χ1v) is 15.8. The summed E-state index contributed by atoms with van der Waals surface area (Å²) in [6.07, 6.45) is 7.05. The molecule has 1 aliphatic carbocycles. The van der Waals surface area contributed by atoms with Crippen LogP contribution < -0.4 is 10.2 Å². The summed E-state index contributed by atoms with van der Waals surface area (Å²) in [4.78, 5) is 47.0. The lowest BCUT2D eigenvalue weighted by atomic mass is 9.73. The molecule has 6 rings (SSSR count). The first kappa shape index (κ1) is 29.8. The molecule has 1 N–H and O–H groups in total. The van der Waals surface area contributed by atoms with Gasteiger partial charge in [-0.2, -0.15) is 0 Å². The SMILES string of the molecule is C=CCOC(=O)[C@H]1[C@@H](C(=O)N(CC2CCCC2)c2cc(Cl)cc(Cl)c2)[C@H]2CCCN2C12C(=O)Nc1c(Cl)cc(Cl)cc12. The van der Waals surface area contributed by atoms with E-state index in [1.54, 1.807) is 35.2 Å². The van der Waals surface area contributed by atoms with E-state index >= 15 is 0 Å². The lowest BCUT2D eigenvalue weighted by Gasteiger charge is -2.36. The molecule has 3 fully saturated rings. The van der Waals surface area contributed by atoms with Gasteiger partial charge in [0.1, 0.15) is 18.1 Å². The topological polar surface area (TPSA) is 79.0 Å². The normalized spacial score (nSPS) is 26.8. The van der Waals surface area contributed by atoms with E-state index < -0.39 is 35.3 Å². The van der Waals surface area contributed by atoms with Gasteiger partial charge in [0.2, 0.25) is 5.91 Å². The number of nitrogens with one attached hydrogen (secondary N) is 1. The van der Waals surface area contributed by atoms with Gasteiger partial charge in [0, 0.05) is 38.9 Å². The van der Waals surface area contributed by atoms with Crippen molar-refractivity contribution in [2.45, 2.75) is 50.1 Å². The minimum absolute atomic E-state index is 0.0581. The zero-order valence-electron chi connectivity index (χ0n) is 22.9. The molecule has 1 saturated carbocycles. The van der Waals surface area contributed by atoms with Crippen LogP contribution in [0.1, 0.15) is 44.1 Å². The summed E-state index contributed by atoms with van der Waals surface area (Å²) in [6, 6.07) is 7.89. The summed E-state index contributed by atoms with van der Waals surface area (Å²) in [5.74, 6) is -3.08. The maximum atomic E-state index is 15.0. The monoisotopic (exact) mass is 649 g/mol. The predicted molar refractivity (Wildman–Crippen MR) is 165 cm³/mol. The van der Waals surface area contributed by atoms with Gasteiger partial charge in [0.05, 0.1) is 16.6 Å². The minimum atomic E-state index is -1.52. The van der Waals surface area contributed by atoms with Gasteiger partial charge in [0.15, 0.2) is 0 Å². The van der Waals surface area contributed by atoms with Gasteiger partial charge < -0.3 is 15.0 Å². The highest BCUT2D eigenvalue weighted by molar-refractivity contribution is 6.38. The Labute approximate surface area is 265 Å². The Bertz CT molecular complexity index is 1440. The zero-order valence-corrected chi connectivity index (χ0v) is 25.9. The molecule has 1 spiro atoms. The van der Waals surface area contributed by atoms with Gasteiger partial charge in [-0.15, -0.1) is 0 Å². The van der Waals surface area contributed by atoms with Gasteiger partial charge in [-0.05, 0) is 68.5 Å². The summed E-state index contributed by atoms with van der Waals surface area (Å²) in [6.45, 7) is 4.59. The van der Waals surface area contributed by atoms with Crippen molar-refractivity contribution >= 4 is 75.6 Å². The molecule has 4 atom stereocenters. The van der Waals surface area contributed by atoms with Crippen LogP contribution in [0.5, 0.6) is 0 Å². The van der Waals surface area contributed by atoms with E-state index in [-0.39, 0.29) is 17.5 Å². The second kappa shape index (κ2) is 11.7. The molecule has 2 aromatic rings. The van der Waals surface area contributed by atoms with Gasteiger partial charge in [0.25, 0.3) is 5.91 Å². The molecule has 3 aliphatic heterocycles. The number of fused-ring (bicyclic) bond motifs is 4. The van der Waals surface area contributed by atoms with Crippen LogP contribution in [0.15, 0.2) is 43.0 Å². The summed E-state index contributed by atoms with van der Waals surface area (Å²) in [7, 11) is 0. The largest absolute Gasteiger partial charge is 0.461 e. The summed E-state index contributed by atoms with van der Waals surface area (Å²) in [5.41, 5.74) is -0.0682. The van der Waals surface area contributed by atoms with Crippen LogP contribution in [0.4, 0.5) is 11.4 Å². The average molecular weight is 651 g/mol. The molecular weight excluding hydrogens is 620 g/mol. The maximum absolute atomic E-state index is 15.0. The van der Waals surface area contributed by atoms with E-state index in [2.05, 4.69) is 11.9 Å². The van der Waals surface area contributed by atoms with Gasteiger partial charge in [-0.1, -0.05) is 71.9 Å². The number of halogens is 4. The molecule has 1 unspecified atom stereocenters. The Morgan fingerprint density at radius 3 is 2.40 bits per heavy atom. The van der Waals surface area contributed by atoms with Crippen molar-refractivity contribution in [2.24, 2.45) is 17.8 Å². The number of ether oxygens (including phenoxy) is 1. The number of carbonyl (C=O) groups is 3. The summed E-state index contributed by atoms with van der Waals surface area (Å²) >= 11 is 25.9. The molecule has 2 aromatic carbocycles. The standard InChI is InChI=1S/C31H31Cl4N3O4/c1-2-10-42-29(40)26-25(28(39)37(16-17-6-3-4-7-17)21-12-18(32)11-19(33)13-21)24-8-5-9-38(24)31(26)22-14-20(34)15-23(35)27(22)36-30(31)41/h2,11-15,17,24-26H,1,3-10,16H2,(H,36,41)/t24-,25+,26-,31?/m1/s1. The van der Waals surface area contributed by atoms with Gasteiger partial charge >= 0.3 is 5.97 Å². The molecule has 2 amide bonds. The van der Waals surface area contributed by atoms with Crippen LogP contribution in [0, 0.1) is 17.8 Å². The highest BCUT2D eigenvalue weighted by atomic mass is 35.5. The number of carbonyl (C=O) groups excluding carboxylic acids is 3. The molecule has 2 saturated heterocycles. The Morgan fingerprint density at radius 2 is 1.71 bits per heavy atom. The van der Waals surface area contributed by atoms with Crippen molar-refractivity contribution < 1.29 is 19.1 Å². The van der Waals surface area contributed by atoms with Crippen LogP contribution in [-0.4, -0.2) is 48.4 Å². The van der Waals surface area contributed by atoms with E-state index in [4.69, 9.17) is 51.1 Å². The van der Waals surface area contributed by atoms with Crippen molar-refractivity contribution in [1.29, 1.82) is 0 Å². The van der Waals surface area contributed by atoms with Crippen LogP contribution >= 0.6 is 46.4 Å². The number of rotatable bonds is 7. The molecule has 11 heteroatoms. The second-order valence-corrected chi connectivity index (χ2v) is 13.3. The fourth-order valence-electron chi connectivity index (χ4n) is 7.69. The number of anilines is 2. The van der Waals surface area contributed by atoms with Gasteiger partial charge in [-0.25, -0.2) is 0 Å². The molecule has 7 nitrogen and oxygen atoms in total. The van der Waals surface area contributed by atoms with E-state index in [1.165, 1.54) is 6.08 Å². The highest BCUT2D eigenvalue weighted by Gasteiger charge is 2.72. The van der Waals surface area contributed by atoms with Crippen LogP contribution in [0.25, 0.3) is 0 Å². The highest BCUT2D eigenvalue weighted by Crippen LogP contribution is 2.60. The number of esters is 1. The Kier molecular flexibility index (Phi) is 8.26. The molecule has 3 heterocycles. The second-order valence-electron chi connectivity index (χ2n) is 11.6. The molecule has 0 radical (unpaired) electrons. The van der Waals surface area contributed by atoms with Crippen molar-refractivity contribution in [3.8, 4) is 0 Å². The number of benzene rings is 2. The van der Waals surface area contributed by atoms with Crippen LogP contribution in [0.2, 0.25) is 20.1 Å². The van der Waals surface area contributed by atoms with Crippen LogP contribution in [0.3, 0.4) is 0 Å². The number of amides is 2. The van der Waals surface area contributed by atoms with Crippen molar-refractivity contribution in [3.63, 3.8) is 0 Å². The van der Waals surface area contributed by atoms with Crippen molar-refractivity contribution in [1.82, 2.24) is 4.90 Å². The number of hydrogen-bond donors (Lipinski definition) is 1. The van der Waals surface area contributed by atoms with E-state index in [0.717, 1.165) is 32.1 Å². The van der Waals surface area contributed by atoms with Crippen molar-refractivity contribution in [2.75, 3.05) is 29.9 Å². The Balaban J connectivity index is 1.52. The Morgan fingerprint density at radius 1 is 1.02 bits per heavy atom. The first-order valence-electron chi connectivity index (χ1n) is 14.3. The van der Waals surface area contributed by atoms with E-state index in [1.807, 2.05) is 4.90 Å². The third-order valence-electron chi connectivity index (χ3n) is 9.25. The number of nitrogens with zero attached hydrogens (tertiary/aromatic N) is 2. The number of hydrogen-bond acceptors (Lipinski definition) is 5. The Hall–Kier alpha value is -2.29.